The lowest BCUT2D eigenvalue weighted by molar-refractivity contribution is -0.115. The van der Waals surface area contributed by atoms with Gasteiger partial charge in [-0.25, -0.2) is 13.9 Å². The van der Waals surface area contributed by atoms with Crippen LogP contribution in [0.4, 0.5) is 10.3 Å². The van der Waals surface area contributed by atoms with Crippen LogP contribution in [0.25, 0.3) is 5.65 Å². The number of aryl methyl sites for hydroxylation is 2. The first-order valence-electron chi connectivity index (χ1n) is 9.65. The summed E-state index contributed by atoms with van der Waals surface area (Å²) in [6, 6.07) is 8.88. The number of carbonyl (C=O) groups is 2. The van der Waals surface area contributed by atoms with Crippen LogP contribution in [0, 0.1) is 19.7 Å². The number of nitrogens with one attached hydrogen (secondary N) is 1. The molecule has 3 N–H and O–H groups in total. The predicted octanol–water partition coefficient (Wildman–Crippen LogP) is 2.95. The first-order chi connectivity index (χ1) is 15.3. The van der Waals surface area contributed by atoms with Crippen molar-refractivity contribution in [3.63, 3.8) is 0 Å². The molecule has 10 heteroatoms. The summed E-state index contributed by atoms with van der Waals surface area (Å²) in [6.45, 7) is 3.92. The summed E-state index contributed by atoms with van der Waals surface area (Å²) in [4.78, 5) is 32.0. The minimum atomic E-state index is -0.743. The normalized spacial score (nSPS) is 10.8. The number of primary amides is 1. The maximum absolute atomic E-state index is 14.5. The van der Waals surface area contributed by atoms with E-state index in [4.69, 9.17) is 10.5 Å². The van der Waals surface area contributed by atoms with Gasteiger partial charge in [-0.2, -0.15) is 4.98 Å². The highest BCUT2D eigenvalue weighted by molar-refractivity contribution is 5.95. The molecule has 0 aliphatic rings. The largest absolute Gasteiger partial charge is 0.435 e. The number of anilines is 1. The van der Waals surface area contributed by atoms with Crippen LogP contribution in [0.1, 0.15) is 27.0 Å². The van der Waals surface area contributed by atoms with Crippen molar-refractivity contribution in [1.29, 1.82) is 0 Å². The molecule has 0 aliphatic heterocycles. The quantitative estimate of drug-likeness (QED) is 0.481. The van der Waals surface area contributed by atoms with Crippen LogP contribution in [0.15, 0.2) is 48.8 Å². The Balaban J connectivity index is 1.45. The number of pyridine rings is 2. The molecule has 0 bridgehead atoms. The molecule has 162 valence electrons. The third-order valence-corrected chi connectivity index (χ3v) is 4.80. The zero-order chi connectivity index (χ0) is 22.8. The number of nitrogens with two attached hydrogens (primary N) is 1. The first-order valence-corrected chi connectivity index (χ1v) is 9.65. The summed E-state index contributed by atoms with van der Waals surface area (Å²) in [5.41, 5.74) is 8.45. The van der Waals surface area contributed by atoms with Gasteiger partial charge in [0.1, 0.15) is 5.56 Å². The molecule has 0 fully saturated rings. The van der Waals surface area contributed by atoms with Crippen LogP contribution >= 0.6 is 0 Å². The van der Waals surface area contributed by atoms with Crippen LogP contribution in [0.5, 0.6) is 11.6 Å². The van der Waals surface area contributed by atoms with Crippen molar-refractivity contribution in [2.75, 3.05) is 5.32 Å². The minimum absolute atomic E-state index is 0.0284. The Morgan fingerprint density at radius 2 is 2.00 bits per heavy atom. The molecule has 0 saturated heterocycles. The molecule has 9 nitrogen and oxygen atoms in total. The van der Waals surface area contributed by atoms with E-state index in [2.05, 4.69) is 20.4 Å². The molecule has 32 heavy (non-hydrogen) atoms. The van der Waals surface area contributed by atoms with E-state index in [1.165, 1.54) is 36.5 Å². The van der Waals surface area contributed by atoms with Gasteiger partial charge in [0.05, 0.1) is 6.42 Å². The molecular weight excluding hydrogens is 415 g/mol. The smallest absolute Gasteiger partial charge is 0.254 e. The van der Waals surface area contributed by atoms with Gasteiger partial charge in [-0.1, -0.05) is 6.07 Å². The number of hydrogen-bond donors (Lipinski definition) is 2. The number of hydrogen-bond acceptors (Lipinski definition) is 6. The number of rotatable bonds is 6. The molecule has 4 aromatic rings. The summed E-state index contributed by atoms with van der Waals surface area (Å²) in [5.74, 6) is -1.95. The van der Waals surface area contributed by atoms with Crippen molar-refractivity contribution in [3.8, 4) is 11.6 Å². The van der Waals surface area contributed by atoms with Crippen LogP contribution in [-0.4, -0.2) is 31.4 Å². The lowest BCUT2D eigenvalue weighted by atomic mass is 10.1. The van der Waals surface area contributed by atoms with Crippen LogP contribution in [0.3, 0.4) is 0 Å². The number of benzene rings is 1. The van der Waals surface area contributed by atoms with E-state index in [9.17, 15) is 14.0 Å². The predicted molar refractivity (Wildman–Crippen MR) is 114 cm³/mol. The Kier molecular flexibility index (Phi) is 5.50. The molecule has 3 aromatic heterocycles. The number of ether oxygens (including phenoxy) is 1. The second kappa shape index (κ2) is 8.42. The van der Waals surface area contributed by atoms with Gasteiger partial charge >= 0.3 is 0 Å². The number of nitrogens with zero attached hydrogens (tertiary/aromatic N) is 4. The highest BCUT2D eigenvalue weighted by Gasteiger charge is 2.15. The molecule has 3 heterocycles. The van der Waals surface area contributed by atoms with Crippen LogP contribution < -0.4 is 15.8 Å². The summed E-state index contributed by atoms with van der Waals surface area (Å²) in [6.07, 6.45) is 3.13. The van der Waals surface area contributed by atoms with Gasteiger partial charge in [0.25, 0.3) is 5.91 Å². The number of halogens is 1. The average Bonchev–Trinajstić information content (AvgIpc) is 3.11. The zero-order valence-electron chi connectivity index (χ0n) is 17.3. The van der Waals surface area contributed by atoms with Gasteiger partial charge in [-0.3, -0.25) is 14.9 Å². The summed E-state index contributed by atoms with van der Waals surface area (Å²) < 4.78 is 21.5. The fourth-order valence-corrected chi connectivity index (χ4v) is 3.03. The van der Waals surface area contributed by atoms with Crippen molar-refractivity contribution in [2.45, 2.75) is 20.3 Å². The maximum atomic E-state index is 14.5. The zero-order valence-corrected chi connectivity index (χ0v) is 17.3. The van der Waals surface area contributed by atoms with Gasteiger partial charge in [0.2, 0.25) is 17.7 Å². The SMILES string of the molecule is Cc1cc2nc(NC(=O)Cc3ccc(Oc4ncccc4C(N)=O)c(F)c3)nn2cc1C. The van der Waals surface area contributed by atoms with E-state index in [-0.39, 0.29) is 29.6 Å². The monoisotopic (exact) mass is 434 g/mol. The van der Waals surface area contributed by atoms with E-state index >= 15 is 0 Å². The number of aromatic nitrogens is 4. The van der Waals surface area contributed by atoms with Crippen molar-refractivity contribution in [2.24, 2.45) is 5.73 Å². The maximum Gasteiger partial charge on any atom is 0.254 e. The van der Waals surface area contributed by atoms with Crippen LogP contribution in [-0.2, 0) is 11.2 Å². The van der Waals surface area contributed by atoms with Gasteiger partial charge in [0, 0.05) is 12.4 Å². The standard InChI is InChI=1S/C22H19FN6O3/c1-12-8-18-26-22(28-29(18)11-13(12)2)27-19(30)10-14-5-6-17(16(23)9-14)32-21-15(20(24)31)4-3-7-25-21/h3-9,11H,10H2,1-2H3,(H2,24,31)(H,27,28,30). The Morgan fingerprint density at radius 3 is 2.75 bits per heavy atom. The second-order valence-electron chi connectivity index (χ2n) is 7.19. The topological polar surface area (TPSA) is 124 Å². The highest BCUT2D eigenvalue weighted by atomic mass is 19.1. The first kappa shape index (κ1) is 20.9. The molecule has 0 radical (unpaired) electrons. The van der Waals surface area contributed by atoms with Crippen molar-refractivity contribution >= 4 is 23.4 Å². The molecule has 0 atom stereocenters. The number of amides is 2. The molecular formula is C22H19FN6O3. The van der Waals surface area contributed by atoms with Gasteiger partial charge in [-0.15, -0.1) is 5.10 Å². The van der Waals surface area contributed by atoms with E-state index < -0.39 is 17.6 Å². The Morgan fingerprint density at radius 1 is 1.19 bits per heavy atom. The van der Waals surface area contributed by atoms with Crippen molar-refractivity contribution in [3.05, 3.63) is 76.9 Å². The molecule has 2 amide bonds. The number of carbonyl (C=O) groups excluding carboxylic acids is 2. The highest BCUT2D eigenvalue weighted by Crippen LogP contribution is 2.26. The summed E-state index contributed by atoms with van der Waals surface area (Å²) >= 11 is 0. The molecule has 0 aliphatic carbocycles. The van der Waals surface area contributed by atoms with E-state index in [0.29, 0.717) is 11.2 Å². The van der Waals surface area contributed by atoms with Gasteiger partial charge in [-0.05, 0) is 60.9 Å². The average molecular weight is 434 g/mol. The second-order valence-corrected chi connectivity index (χ2v) is 7.19. The Bertz CT molecular complexity index is 1310. The Hall–Kier alpha value is -4.34. The van der Waals surface area contributed by atoms with Crippen molar-refractivity contribution in [1.82, 2.24) is 19.6 Å². The molecule has 1 aromatic carbocycles. The third-order valence-electron chi connectivity index (χ3n) is 4.80. The van der Waals surface area contributed by atoms with E-state index in [0.717, 1.165) is 11.1 Å². The molecule has 0 saturated carbocycles. The summed E-state index contributed by atoms with van der Waals surface area (Å²) in [5, 5.41) is 6.85. The van der Waals surface area contributed by atoms with E-state index in [1.807, 2.05) is 26.1 Å². The lowest BCUT2D eigenvalue weighted by Gasteiger charge is -2.09. The molecule has 0 spiro atoms. The van der Waals surface area contributed by atoms with E-state index in [1.54, 1.807) is 4.52 Å². The fourth-order valence-electron chi connectivity index (χ4n) is 3.03. The minimum Gasteiger partial charge on any atom is -0.435 e. The summed E-state index contributed by atoms with van der Waals surface area (Å²) in [7, 11) is 0. The molecule has 4 rings (SSSR count). The Labute approximate surface area is 182 Å². The van der Waals surface area contributed by atoms with Gasteiger partial charge < -0.3 is 10.5 Å². The number of fused-ring (bicyclic) bond motifs is 1. The van der Waals surface area contributed by atoms with Crippen LogP contribution in [0.2, 0.25) is 0 Å². The lowest BCUT2D eigenvalue weighted by Crippen LogP contribution is -2.15. The fraction of sp³-hybridized carbons (Fsp3) is 0.136. The molecule has 0 unspecified atom stereocenters. The van der Waals surface area contributed by atoms with Crippen molar-refractivity contribution < 1.29 is 18.7 Å². The van der Waals surface area contributed by atoms with Gasteiger partial charge in [0.15, 0.2) is 17.2 Å². The third kappa shape index (κ3) is 4.38.